The molecular formula is C18H28IN5O2. The number of aliphatic imine (C=N–C) groups is 1. The van der Waals surface area contributed by atoms with E-state index in [9.17, 15) is 0 Å². The lowest BCUT2D eigenvalue weighted by atomic mass is 10.3. The molecule has 8 heteroatoms. The Morgan fingerprint density at radius 1 is 1.23 bits per heavy atom. The number of aromatic nitrogens is 1. The van der Waals surface area contributed by atoms with Crippen LogP contribution in [0.5, 0.6) is 0 Å². The van der Waals surface area contributed by atoms with Crippen molar-refractivity contribution in [3.05, 3.63) is 42.2 Å². The van der Waals surface area contributed by atoms with Gasteiger partial charge in [0.25, 0.3) is 0 Å². The molecule has 1 aliphatic rings. The lowest BCUT2D eigenvalue weighted by Gasteiger charge is -2.36. The predicted octanol–water partition coefficient (Wildman–Crippen LogP) is 2.60. The summed E-state index contributed by atoms with van der Waals surface area (Å²) < 4.78 is 10.3. The fourth-order valence-electron chi connectivity index (χ4n) is 2.90. The summed E-state index contributed by atoms with van der Waals surface area (Å²) >= 11 is 0. The highest BCUT2D eigenvalue weighted by Crippen LogP contribution is 2.08. The van der Waals surface area contributed by atoms with Crippen LogP contribution >= 0.6 is 24.0 Å². The van der Waals surface area contributed by atoms with E-state index in [2.05, 4.69) is 27.2 Å². The molecular weight excluding hydrogens is 445 g/mol. The van der Waals surface area contributed by atoms with Gasteiger partial charge in [0.2, 0.25) is 0 Å². The summed E-state index contributed by atoms with van der Waals surface area (Å²) in [5, 5.41) is 7.49. The van der Waals surface area contributed by atoms with E-state index < -0.39 is 0 Å². The van der Waals surface area contributed by atoms with Crippen LogP contribution in [0.15, 0.2) is 44.7 Å². The highest BCUT2D eigenvalue weighted by atomic mass is 127. The maximum absolute atomic E-state index is 5.39. The van der Waals surface area contributed by atoms with Gasteiger partial charge in [0, 0.05) is 58.3 Å². The largest absolute Gasteiger partial charge is 0.469 e. The van der Waals surface area contributed by atoms with Crippen LogP contribution in [-0.4, -0.2) is 60.2 Å². The van der Waals surface area contributed by atoms with Crippen molar-refractivity contribution in [2.24, 2.45) is 4.99 Å². The van der Waals surface area contributed by atoms with Gasteiger partial charge in [0.15, 0.2) is 5.96 Å². The van der Waals surface area contributed by atoms with Gasteiger partial charge in [0.05, 0.1) is 12.0 Å². The Morgan fingerprint density at radius 2 is 2.08 bits per heavy atom. The number of furan rings is 1. The average molecular weight is 473 g/mol. The lowest BCUT2D eigenvalue weighted by Crippen LogP contribution is -2.52. The van der Waals surface area contributed by atoms with Crippen LogP contribution < -0.4 is 5.32 Å². The molecule has 1 saturated heterocycles. The molecule has 0 aliphatic carbocycles. The number of hydrogen-bond donors (Lipinski definition) is 1. The molecule has 1 N–H and O–H groups in total. The molecule has 0 amide bonds. The number of guanidine groups is 1. The van der Waals surface area contributed by atoms with Gasteiger partial charge in [-0.05, 0) is 18.6 Å². The first-order valence-electron chi connectivity index (χ1n) is 9.02. The number of hydrogen-bond acceptors (Lipinski definition) is 5. The molecule has 0 aromatic carbocycles. The van der Waals surface area contributed by atoms with E-state index >= 15 is 0 Å². The summed E-state index contributed by atoms with van der Waals surface area (Å²) in [7, 11) is 0. The Balaban J connectivity index is 0.00000243. The summed E-state index contributed by atoms with van der Waals surface area (Å²) in [6.07, 6.45) is 5.26. The maximum Gasteiger partial charge on any atom is 0.194 e. The SMILES string of the molecule is CCCN=C(NCCc1ccco1)N1CCN(Cc2ccon2)CC1.I. The minimum absolute atomic E-state index is 0. The Morgan fingerprint density at radius 3 is 2.73 bits per heavy atom. The first kappa shape index (κ1) is 20.8. The molecule has 1 aliphatic heterocycles. The average Bonchev–Trinajstić information content (AvgIpc) is 3.33. The zero-order valence-electron chi connectivity index (χ0n) is 15.3. The van der Waals surface area contributed by atoms with E-state index in [-0.39, 0.29) is 24.0 Å². The van der Waals surface area contributed by atoms with Crippen LogP contribution in [-0.2, 0) is 13.0 Å². The van der Waals surface area contributed by atoms with E-state index in [4.69, 9.17) is 13.9 Å². The molecule has 0 atom stereocenters. The molecule has 26 heavy (non-hydrogen) atoms. The maximum atomic E-state index is 5.39. The molecule has 3 heterocycles. The van der Waals surface area contributed by atoms with Gasteiger partial charge in [-0.2, -0.15) is 0 Å². The van der Waals surface area contributed by atoms with Gasteiger partial charge < -0.3 is 19.2 Å². The van der Waals surface area contributed by atoms with E-state index in [0.29, 0.717) is 0 Å². The van der Waals surface area contributed by atoms with Gasteiger partial charge in [-0.3, -0.25) is 9.89 Å². The van der Waals surface area contributed by atoms with Crippen molar-refractivity contribution in [1.82, 2.24) is 20.3 Å². The lowest BCUT2D eigenvalue weighted by molar-refractivity contribution is 0.169. The molecule has 3 rings (SSSR count). The monoisotopic (exact) mass is 473 g/mol. The fourth-order valence-corrected chi connectivity index (χ4v) is 2.90. The second kappa shape index (κ2) is 11.2. The Hall–Kier alpha value is -1.55. The Bertz CT molecular complexity index is 622. The van der Waals surface area contributed by atoms with Crippen molar-refractivity contribution in [2.75, 3.05) is 39.3 Å². The molecule has 144 valence electrons. The van der Waals surface area contributed by atoms with E-state index in [0.717, 1.165) is 76.1 Å². The Kier molecular flexibility index (Phi) is 8.96. The number of nitrogens with one attached hydrogen (secondary N) is 1. The molecule has 0 bridgehead atoms. The summed E-state index contributed by atoms with van der Waals surface area (Å²) in [4.78, 5) is 9.48. The zero-order valence-corrected chi connectivity index (χ0v) is 17.6. The summed E-state index contributed by atoms with van der Waals surface area (Å²) in [6, 6.07) is 5.86. The highest BCUT2D eigenvalue weighted by molar-refractivity contribution is 14.0. The third kappa shape index (κ3) is 6.31. The van der Waals surface area contributed by atoms with Gasteiger partial charge in [-0.25, -0.2) is 0 Å². The topological polar surface area (TPSA) is 70.0 Å². The van der Waals surface area contributed by atoms with Crippen molar-refractivity contribution >= 4 is 29.9 Å². The highest BCUT2D eigenvalue weighted by Gasteiger charge is 2.20. The van der Waals surface area contributed by atoms with E-state index in [1.807, 2.05) is 18.2 Å². The summed E-state index contributed by atoms with van der Waals surface area (Å²) in [6.45, 7) is 8.60. The van der Waals surface area contributed by atoms with Gasteiger partial charge in [-0.15, -0.1) is 24.0 Å². The predicted molar refractivity (Wildman–Crippen MR) is 112 cm³/mol. The second-order valence-corrected chi connectivity index (χ2v) is 6.22. The van der Waals surface area contributed by atoms with E-state index in [1.54, 1.807) is 12.5 Å². The molecule has 7 nitrogen and oxygen atoms in total. The summed E-state index contributed by atoms with van der Waals surface area (Å²) in [5.41, 5.74) is 0.991. The smallest absolute Gasteiger partial charge is 0.194 e. The first-order valence-corrected chi connectivity index (χ1v) is 9.02. The first-order chi connectivity index (χ1) is 12.3. The minimum atomic E-state index is 0. The van der Waals surface area contributed by atoms with Gasteiger partial charge in [0.1, 0.15) is 12.0 Å². The third-order valence-electron chi connectivity index (χ3n) is 4.27. The quantitative estimate of drug-likeness (QED) is 0.379. The van der Waals surface area contributed by atoms with Crippen LogP contribution in [0, 0.1) is 0 Å². The van der Waals surface area contributed by atoms with Crippen LogP contribution in [0.1, 0.15) is 24.8 Å². The number of nitrogens with zero attached hydrogens (tertiary/aromatic N) is 4. The number of halogens is 1. The molecule has 1 fully saturated rings. The molecule has 0 radical (unpaired) electrons. The van der Waals surface area contributed by atoms with Crippen molar-refractivity contribution in [3.63, 3.8) is 0 Å². The third-order valence-corrected chi connectivity index (χ3v) is 4.27. The minimum Gasteiger partial charge on any atom is -0.469 e. The van der Waals surface area contributed by atoms with Crippen LogP contribution in [0.4, 0.5) is 0 Å². The summed E-state index contributed by atoms with van der Waals surface area (Å²) in [5.74, 6) is 2.01. The zero-order chi connectivity index (χ0) is 17.3. The number of rotatable bonds is 7. The van der Waals surface area contributed by atoms with E-state index in [1.165, 1.54) is 0 Å². The van der Waals surface area contributed by atoms with Crippen LogP contribution in [0.3, 0.4) is 0 Å². The normalized spacial score (nSPS) is 15.7. The van der Waals surface area contributed by atoms with Crippen LogP contribution in [0.2, 0.25) is 0 Å². The number of piperazine rings is 1. The van der Waals surface area contributed by atoms with Crippen molar-refractivity contribution < 1.29 is 8.94 Å². The molecule has 0 unspecified atom stereocenters. The van der Waals surface area contributed by atoms with Crippen molar-refractivity contribution in [1.29, 1.82) is 0 Å². The molecule has 0 spiro atoms. The van der Waals surface area contributed by atoms with Gasteiger partial charge in [-0.1, -0.05) is 12.1 Å². The molecule has 2 aromatic heterocycles. The van der Waals surface area contributed by atoms with Crippen molar-refractivity contribution in [2.45, 2.75) is 26.3 Å². The Labute approximate surface area is 171 Å². The van der Waals surface area contributed by atoms with Gasteiger partial charge >= 0.3 is 0 Å². The molecule has 0 saturated carbocycles. The van der Waals surface area contributed by atoms with Crippen LogP contribution in [0.25, 0.3) is 0 Å². The second-order valence-electron chi connectivity index (χ2n) is 6.22. The standard InChI is InChI=1S/C18H27N5O2.HI/c1-2-7-19-18(20-8-5-17-4-3-13-24-17)23-11-9-22(10-12-23)15-16-6-14-25-21-16;/h3-4,6,13-14H,2,5,7-12,15H2,1H3,(H,19,20);1H. The van der Waals surface area contributed by atoms with Crippen molar-refractivity contribution in [3.8, 4) is 0 Å². The molecule has 2 aromatic rings. The fraction of sp³-hybridized carbons (Fsp3) is 0.556.